The Morgan fingerprint density at radius 2 is 1.93 bits per heavy atom. The normalized spacial score (nSPS) is 11.0. The minimum Gasteiger partial charge on any atom is -0.504 e. The first kappa shape index (κ1) is 23.2. The zero-order valence-electron chi connectivity index (χ0n) is 17.2. The molecule has 0 fully saturated rings. The zero-order chi connectivity index (χ0) is 22.3. The summed E-state index contributed by atoms with van der Waals surface area (Å²) in [5.41, 5.74) is 4.88. The molecule has 0 spiro atoms. The summed E-state index contributed by atoms with van der Waals surface area (Å²) in [5.74, 6) is -0.980. The van der Waals surface area contributed by atoms with Crippen LogP contribution in [0.3, 0.4) is 0 Å². The smallest absolute Gasteiger partial charge is 0.339 e. The highest BCUT2D eigenvalue weighted by molar-refractivity contribution is 7.87. The third-order valence-corrected chi connectivity index (χ3v) is 5.30. The van der Waals surface area contributed by atoms with Gasteiger partial charge in [-0.15, -0.1) is 0 Å². The van der Waals surface area contributed by atoms with Gasteiger partial charge in [-0.05, 0) is 50.1 Å². The molecule has 2 rings (SSSR count). The van der Waals surface area contributed by atoms with Crippen LogP contribution in [-0.4, -0.2) is 32.6 Å². The lowest BCUT2D eigenvalue weighted by molar-refractivity contribution is -0.120. The zero-order valence-corrected chi connectivity index (χ0v) is 18.0. The van der Waals surface area contributed by atoms with Gasteiger partial charge in [0.15, 0.2) is 11.5 Å². The van der Waals surface area contributed by atoms with Crippen molar-refractivity contribution >= 4 is 16.0 Å². The van der Waals surface area contributed by atoms with E-state index in [4.69, 9.17) is 9.02 Å². The number of amides is 1. The van der Waals surface area contributed by atoms with Crippen LogP contribution in [0.15, 0.2) is 53.6 Å². The molecule has 2 aromatic carbocycles. The molecule has 0 atom stereocenters. The third-order valence-electron chi connectivity index (χ3n) is 4.07. The molecule has 0 saturated heterocycles. The highest BCUT2D eigenvalue weighted by Crippen LogP contribution is 2.34. The van der Waals surface area contributed by atoms with Crippen LogP contribution in [0, 0.1) is 13.8 Å². The van der Waals surface area contributed by atoms with Crippen LogP contribution in [0.1, 0.15) is 23.6 Å². The molecule has 0 aliphatic heterocycles. The molecule has 30 heavy (non-hydrogen) atoms. The van der Waals surface area contributed by atoms with E-state index in [1.807, 2.05) is 0 Å². The molecule has 0 unspecified atom stereocenters. The molecule has 0 aliphatic carbocycles. The van der Waals surface area contributed by atoms with Crippen LogP contribution in [0.5, 0.6) is 11.5 Å². The predicted octanol–water partition coefficient (Wildman–Crippen LogP) is 2.49. The fourth-order valence-corrected chi connectivity index (χ4v) is 3.62. The Morgan fingerprint density at radius 3 is 2.60 bits per heavy atom. The SMILES string of the molecule is C=C(C)NOCCNC(=O)Cc1c(C)ccc(OS(=O)(=O)c2cccc(C)c2)c1O. The van der Waals surface area contributed by atoms with Crippen molar-refractivity contribution in [1.82, 2.24) is 10.8 Å². The maximum atomic E-state index is 12.5. The fourth-order valence-electron chi connectivity index (χ4n) is 2.58. The average Bonchev–Trinajstić information content (AvgIpc) is 2.67. The molecule has 1 amide bonds. The van der Waals surface area contributed by atoms with Gasteiger partial charge in [-0.1, -0.05) is 24.8 Å². The number of hydroxylamine groups is 1. The van der Waals surface area contributed by atoms with Gasteiger partial charge in [0.1, 0.15) is 4.90 Å². The molecule has 0 heterocycles. The number of rotatable bonds is 10. The Hall–Kier alpha value is -3.04. The summed E-state index contributed by atoms with van der Waals surface area (Å²) in [6, 6.07) is 9.19. The van der Waals surface area contributed by atoms with Crippen molar-refractivity contribution in [3.8, 4) is 11.5 Å². The molecule has 0 saturated carbocycles. The maximum absolute atomic E-state index is 12.5. The van der Waals surface area contributed by atoms with E-state index in [-0.39, 0.29) is 47.4 Å². The molecule has 0 aromatic heterocycles. The quantitative estimate of drug-likeness (QED) is 0.299. The van der Waals surface area contributed by atoms with Crippen LogP contribution in [-0.2, 0) is 26.2 Å². The van der Waals surface area contributed by atoms with Crippen molar-refractivity contribution in [1.29, 1.82) is 0 Å². The summed E-state index contributed by atoms with van der Waals surface area (Å²) in [6.07, 6.45) is -0.146. The van der Waals surface area contributed by atoms with Gasteiger partial charge in [-0.3, -0.25) is 15.1 Å². The van der Waals surface area contributed by atoms with Crippen molar-refractivity contribution in [2.24, 2.45) is 0 Å². The van der Waals surface area contributed by atoms with Crippen LogP contribution >= 0.6 is 0 Å². The Labute approximate surface area is 176 Å². The van der Waals surface area contributed by atoms with Crippen LogP contribution in [0.25, 0.3) is 0 Å². The molecule has 162 valence electrons. The number of carbonyl (C=O) groups excluding carboxylic acids is 1. The van der Waals surface area contributed by atoms with E-state index in [9.17, 15) is 18.3 Å². The summed E-state index contributed by atoms with van der Waals surface area (Å²) in [5, 5.41) is 13.2. The number of phenols is 1. The van der Waals surface area contributed by atoms with Crippen LogP contribution < -0.4 is 15.0 Å². The number of hydrogen-bond donors (Lipinski definition) is 3. The molecular formula is C21H26N2O6S. The molecule has 9 heteroatoms. The number of carbonyl (C=O) groups is 1. The fraction of sp³-hybridized carbons (Fsp3) is 0.286. The Morgan fingerprint density at radius 1 is 1.20 bits per heavy atom. The number of nitrogens with one attached hydrogen (secondary N) is 2. The Bertz CT molecular complexity index is 1030. The summed E-state index contributed by atoms with van der Waals surface area (Å²) in [4.78, 5) is 17.2. The van der Waals surface area contributed by atoms with Gasteiger partial charge in [0.2, 0.25) is 5.91 Å². The summed E-state index contributed by atoms with van der Waals surface area (Å²) in [6.45, 7) is 9.29. The molecule has 8 nitrogen and oxygen atoms in total. The number of hydrogen-bond acceptors (Lipinski definition) is 7. The lowest BCUT2D eigenvalue weighted by Crippen LogP contribution is -2.30. The van der Waals surface area contributed by atoms with Gasteiger partial charge in [0.25, 0.3) is 0 Å². The average molecular weight is 435 g/mol. The van der Waals surface area contributed by atoms with Crippen molar-refractivity contribution in [3.05, 3.63) is 65.4 Å². The minimum atomic E-state index is -4.14. The molecule has 0 aliphatic rings. The molecule has 2 aromatic rings. The minimum absolute atomic E-state index is 0.0230. The highest BCUT2D eigenvalue weighted by Gasteiger charge is 2.22. The van der Waals surface area contributed by atoms with Gasteiger partial charge in [0.05, 0.1) is 13.0 Å². The summed E-state index contributed by atoms with van der Waals surface area (Å²) < 4.78 is 30.2. The van der Waals surface area contributed by atoms with E-state index in [1.54, 1.807) is 39.0 Å². The van der Waals surface area contributed by atoms with Gasteiger partial charge in [0, 0.05) is 17.8 Å². The van der Waals surface area contributed by atoms with E-state index in [1.165, 1.54) is 18.2 Å². The second-order valence-electron chi connectivity index (χ2n) is 6.82. The Balaban J connectivity index is 2.09. The second-order valence-corrected chi connectivity index (χ2v) is 8.37. The summed E-state index contributed by atoms with van der Waals surface area (Å²) in [7, 11) is -4.14. The van der Waals surface area contributed by atoms with Gasteiger partial charge in [-0.25, -0.2) is 0 Å². The lowest BCUT2D eigenvalue weighted by atomic mass is 10.0. The number of allylic oxidation sites excluding steroid dienone is 1. The van der Waals surface area contributed by atoms with E-state index in [0.717, 1.165) is 5.56 Å². The first-order valence-corrected chi connectivity index (χ1v) is 10.6. The highest BCUT2D eigenvalue weighted by atomic mass is 32.2. The second kappa shape index (κ2) is 10.1. The lowest BCUT2D eigenvalue weighted by Gasteiger charge is -2.14. The van der Waals surface area contributed by atoms with Gasteiger partial charge in [-0.2, -0.15) is 8.42 Å². The molecular weight excluding hydrogens is 408 g/mol. The monoisotopic (exact) mass is 434 g/mol. The number of phenolic OH excluding ortho intramolecular Hbond substituents is 1. The first-order chi connectivity index (χ1) is 14.1. The van der Waals surface area contributed by atoms with Crippen molar-refractivity contribution < 1.29 is 27.3 Å². The van der Waals surface area contributed by atoms with Gasteiger partial charge < -0.3 is 14.6 Å². The number of benzene rings is 2. The number of aromatic hydroxyl groups is 1. The molecule has 3 N–H and O–H groups in total. The predicted molar refractivity (Wildman–Crippen MR) is 112 cm³/mol. The van der Waals surface area contributed by atoms with Gasteiger partial charge >= 0.3 is 10.1 Å². The van der Waals surface area contributed by atoms with Crippen LogP contribution in [0.2, 0.25) is 0 Å². The van der Waals surface area contributed by atoms with Crippen LogP contribution in [0.4, 0.5) is 0 Å². The van der Waals surface area contributed by atoms with E-state index in [2.05, 4.69) is 17.4 Å². The van der Waals surface area contributed by atoms with E-state index < -0.39 is 10.1 Å². The Kier molecular flexibility index (Phi) is 7.85. The van der Waals surface area contributed by atoms with Crippen molar-refractivity contribution in [2.45, 2.75) is 32.1 Å². The maximum Gasteiger partial charge on any atom is 0.339 e. The first-order valence-electron chi connectivity index (χ1n) is 9.23. The standard InChI is InChI=1S/C21H26N2O6S/c1-14(2)23-28-11-10-22-20(24)13-18-16(4)8-9-19(21(18)25)29-30(26,27)17-7-5-6-15(3)12-17/h5-9,12,23,25H,1,10-11,13H2,2-4H3,(H,22,24). The van der Waals surface area contributed by atoms with E-state index >= 15 is 0 Å². The molecule has 0 radical (unpaired) electrons. The molecule has 0 bridgehead atoms. The van der Waals surface area contributed by atoms with Crippen molar-refractivity contribution in [3.63, 3.8) is 0 Å². The van der Waals surface area contributed by atoms with E-state index in [0.29, 0.717) is 11.3 Å². The topological polar surface area (TPSA) is 114 Å². The van der Waals surface area contributed by atoms with Crippen molar-refractivity contribution in [2.75, 3.05) is 13.2 Å². The summed E-state index contributed by atoms with van der Waals surface area (Å²) >= 11 is 0. The number of aryl methyl sites for hydroxylation is 2. The largest absolute Gasteiger partial charge is 0.504 e. The third kappa shape index (κ3) is 6.50.